The highest BCUT2D eigenvalue weighted by Gasteiger charge is 2.27. The highest BCUT2D eigenvalue weighted by atomic mass is 32.2. The lowest BCUT2D eigenvalue weighted by molar-refractivity contribution is 0.0980. The summed E-state index contributed by atoms with van der Waals surface area (Å²) in [7, 11) is -3.58. The fraction of sp³-hybridized carbons (Fsp3) is 0.292. The number of phenols is 1. The van der Waals surface area contributed by atoms with Gasteiger partial charge in [0.2, 0.25) is 10.0 Å². The molecule has 0 radical (unpaired) electrons. The Bertz CT molecular complexity index is 1330. The summed E-state index contributed by atoms with van der Waals surface area (Å²) in [6, 6.07) is 9.97. The van der Waals surface area contributed by atoms with Gasteiger partial charge in [0.25, 0.3) is 5.91 Å². The minimum Gasteiger partial charge on any atom is -0.506 e. The molecule has 1 aliphatic rings. The maximum atomic E-state index is 13.2. The van der Waals surface area contributed by atoms with Crippen molar-refractivity contribution in [2.45, 2.75) is 32.6 Å². The lowest BCUT2D eigenvalue weighted by Gasteiger charge is -2.29. The molecule has 1 amide bonds. The van der Waals surface area contributed by atoms with E-state index in [1.807, 2.05) is 24.5 Å². The quantitative estimate of drug-likeness (QED) is 0.567. The second-order valence-corrected chi connectivity index (χ2v) is 10.9. The molecule has 1 aromatic heterocycles. The van der Waals surface area contributed by atoms with E-state index in [9.17, 15) is 18.3 Å². The first-order valence-electron chi connectivity index (χ1n) is 10.5. The van der Waals surface area contributed by atoms with E-state index < -0.39 is 10.0 Å². The molecule has 2 N–H and O–H groups in total. The Morgan fingerprint density at radius 2 is 1.76 bits per heavy atom. The third-order valence-corrected chi connectivity index (χ3v) is 6.14. The van der Waals surface area contributed by atoms with Crippen LogP contribution in [0.25, 0.3) is 11.4 Å². The molecule has 0 unspecified atom stereocenters. The zero-order valence-corrected chi connectivity index (χ0v) is 19.8. The highest BCUT2D eigenvalue weighted by Crippen LogP contribution is 2.33. The normalized spacial score (nSPS) is 14.2. The van der Waals surface area contributed by atoms with Gasteiger partial charge < -0.3 is 10.0 Å². The number of hydrogen-bond donors (Lipinski definition) is 2. The number of nitrogens with zero attached hydrogens (tertiary/aromatic N) is 3. The van der Waals surface area contributed by atoms with Gasteiger partial charge in [0.1, 0.15) is 5.75 Å². The van der Waals surface area contributed by atoms with Crippen LogP contribution in [0.2, 0.25) is 0 Å². The number of carbonyl (C=O) groups is 1. The van der Waals surface area contributed by atoms with Crippen LogP contribution >= 0.6 is 0 Å². The van der Waals surface area contributed by atoms with Gasteiger partial charge in [-0.1, -0.05) is 26.8 Å². The predicted octanol–water partition coefficient (Wildman–Crippen LogP) is 3.72. The van der Waals surface area contributed by atoms with Crippen LogP contribution in [-0.2, 0) is 21.9 Å². The second-order valence-electron chi connectivity index (χ2n) is 9.20. The maximum Gasteiger partial charge on any atom is 0.258 e. The molecule has 0 bridgehead atoms. The number of hydrogen-bond acceptors (Lipinski definition) is 6. The zero-order valence-electron chi connectivity index (χ0n) is 19.0. The number of aromatic nitrogens is 2. The number of phenolic OH excluding ortho intramolecular Hbond substituents is 1. The Labute approximate surface area is 193 Å². The maximum absolute atomic E-state index is 13.2. The lowest BCUT2D eigenvalue weighted by Crippen LogP contribution is -2.37. The molecule has 172 valence electrons. The van der Waals surface area contributed by atoms with E-state index >= 15 is 0 Å². The number of nitrogens with one attached hydrogen (secondary N) is 1. The van der Waals surface area contributed by atoms with Gasteiger partial charge in [-0.2, -0.15) is 0 Å². The van der Waals surface area contributed by atoms with Crippen LogP contribution < -0.4 is 9.62 Å². The Morgan fingerprint density at radius 3 is 2.39 bits per heavy atom. The average Bonchev–Trinajstić information content (AvgIpc) is 2.74. The van der Waals surface area contributed by atoms with Gasteiger partial charge in [-0.3, -0.25) is 9.52 Å². The SMILES string of the molecule is CC(C)(C)c1cnc(-c2ccc3c(c2)CCN(c2ccc(O)c(NS(C)(=O)=O)c2)C3=O)nc1. The number of fused-ring (bicyclic) bond motifs is 1. The van der Waals surface area contributed by atoms with Gasteiger partial charge in [-0.05, 0) is 53.3 Å². The molecule has 33 heavy (non-hydrogen) atoms. The molecular weight excluding hydrogens is 440 g/mol. The van der Waals surface area contributed by atoms with E-state index in [1.165, 1.54) is 12.1 Å². The van der Waals surface area contributed by atoms with E-state index in [0.717, 1.165) is 22.9 Å². The molecule has 0 saturated heterocycles. The highest BCUT2D eigenvalue weighted by molar-refractivity contribution is 7.92. The Balaban J connectivity index is 1.61. The Morgan fingerprint density at radius 1 is 1.06 bits per heavy atom. The number of aromatic hydroxyl groups is 1. The van der Waals surface area contributed by atoms with E-state index in [1.54, 1.807) is 17.0 Å². The minimum absolute atomic E-state index is 0.0276. The zero-order chi connectivity index (χ0) is 24.0. The fourth-order valence-corrected chi connectivity index (χ4v) is 4.27. The van der Waals surface area contributed by atoms with Crippen LogP contribution in [0.15, 0.2) is 48.8 Å². The molecule has 8 nitrogen and oxygen atoms in total. The van der Waals surface area contributed by atoms with Crippen LogP contribution in [0, 0.1) is 0 Å². The number of carbonyl (C=O) groups excluding carboxylic acids is 1. The second kappa shape index (κ2) is 8.15. The Hall–Kier alpha value is -3.46. The smallest absolute Gasteiger partial charge is 0.258 e. The summed E-state index contributed by atoms with van der Waals surface area (Å²) in [5.41, 5.74) is 3.87. The van der Waals surface area contributed by atoms with Crippen LogP contribution in [0.3, 0.4) is 0 Å². The predicted molar refractivity (Wildman–Crippen MR) is 128 cm³/mol. The van der Waals surface area contributed by atoms with Gasteiger partial charge in [-0.15, -0.1) is 0 Å². The van der Waals surface area contributed by atoms with Crippen molar-refractivity contribution >= 4 is 27.3 Å². The first kappa shape index (κ1) is 22.7. The summed E-state index contributed by atoms with van der Waals surface area (Å²) in [5.74, 6) is 0.203. The molecule has 0 fully saturated rings. The van der Waals surface area contributed by atoms with Crippen molar-refractivity contribution in [2.75, 3.05) is 22.4 Å². The lowest BCUT2D eigenvalue weighted by atomic mass is 9.89. The number of amides is 1. The summed E-state index contributed by atoms with van der Waals surface area (Å²) in [4.78, 5) is 23.8. The first-order chi connectivity index (χ1) is 15.4. The first-order valence-corrected chi connectivity index (χ1v) is 12.4. The van der Waals surface area contributed by atoms with Crippen molar-refractivity contribution in [2.24, 2.45) is 0 Å². The van der Waals surface area contributed by atoms with E-state index in [2.05, 4.69) is 35.5 Å². The minimum atomic E-state index is -3.58. The number of benzene rings is 2. The van der Waals surface area contributed by atoms with Gasteiger partial charge in [0.15, 0.2) is 5.82 Å². The topological polar surface area (TPSA) is 112 Å². The van der Waals surface area contributed by atoms with Gasteiger partial charge in [-0.25, -0.2) is 18.4 Å². The van der Waals surface area contributed by atoms with Crippen LogP contribution in [0.4, 0.5) is 11.4 Å². The number of rotatable bonds is 4. The third-order valence-electron chi connectivity index (χ3n) is 5.55. The molecule has 0 spiro atoms. The summed E-state index contributed by atoms with van der Waals surface area (Å²) < 4.78 is 25.4. The summed E-state index contributed by atoms with van der Waals surface area (Å²) >= 11 is 0. The van der Waals surface area contributed by atoms with Crippen LogP contribution in [0.1, 0.15) is 42.3 Å². The van der Waals surface area contributed by atoms with Crippen molar-refractivity contribution in [3.63, 3.8) is 0 Å². The van der Waals surface area contributed by atoms with Crippen molar-refractivity contribution in [1.29, 1.82) is 0 Å². The average molecular weight is 467 g/mol. The van der Waals surface area contributed by atoms with E-state index in [4.69, 9.17) is 0 Å². The van der Waals surface area contributed by atoms with Crippen LogP contribution in [-0.4, -0.2) is 42.2 Å². The molecule has 3 aromatic rings. The molecular formula is C24H26N4O4S. The van der Waals surface area contributed by atoms with Gasteiger partial charge in [0.05, 0.1) is 11.9 Å². The summed E-state index contributed by atoms with van der Waals surface area (Å²) in [5, 5.41) is 9.98. The third kappa shape index (κ3) is 4.83. The summed E-state index contributed by atoms with van der Waals surface area (Å²) in [6.45, 7) is 6.74. The molecule has 0 aliphatic carbocycles. The molecule has 2 aromatic carbocycles. The molecule has 9 heteroatoms. The van der Waals surface area contributed by atoms with Gasteiger partial charge in [0, 0.05) is 35.8 Å². The number of anilines is 2. The van der Waals surface area contributed by atoms with Crippen molar-refractivity contribution < 1.29 is 18.3 Å². The van der Waals surface area contributed by atoms with Gasteiger partial charge >= 0.3 is 0 Å². The molecule has 2 heterocycles. The van der Waals surface area contributed by atoms with Crippen molar-refractivity contribution in [1.82, 2.24) is 9.97 Å². The van der Waals surface area contributed by atoms with E-state index in [-0.39, 0.29) is 22.8 Å². The standard InChI is InChI=1S/C24H26N4O4S/c1-24(2,3)17-13-25-22(26-14-17)16-5-7-19-15(11-16)9-10-28(23(19)30)18-6-8-21(29)20(12-18)27-33(4,31)32/h5-8,11-14,27,29H,9-10H2,1-4H3. The molecule has 0 saturated carbocycles. The molecule has 0 atom stereocenters. The van der Waals surface area contributed by atoms with Crippen molar-refractivity contribution in [3.8, 4) is 17.1 Å². The monoisotopic (exact) mass is 466 g/mol. The molecule has 4 rings (SSSR count). The largest absolute Gasteiger partial charge is 0.506 e. The fourth-order valence-electron chi connectivity index (χ4n) is 3.71. The molecule has 1 aliphatic heterocycles. The number of sulfonamides is 1. The van der Waals surface area contributed by atoms with Crippen LogP contribution in [0.5, 0.6) is 5.75 Å². The van der Waals surface area contributed by atoms with Crippen molar-refractivity contribution in [3.05, 3.63) is 65.5 Å². The summed E-state index contributed by atoms with van der Waals surface area (Å²) in [6.07, 6.45) is 5.29. The Kier molecular flexibility index (Phi) is 5.61. The van der Waals surface area contributed by atoms with E-state index in [0.29, 0.717) is 30.0 Å².